The van der Waals surface area contributed by atoms with E-state index in [1.54, 1.807) is 20.8 Å². The predicted octanol–water partition coefficient (Wildman–Crippen LogP) is 2.29. The Morgan fingerprint density at radius 3 is 1.76 bits per heavy atom. The standard InChI is InChI=1S/C13H22O4/c1-9(14)7-8-13(6,10(2)15)11(16)17-12(3,4)5/h7-8H2,1-6H3. The van der Waals surface area contributed by atoms with Gasteiger partial charge in [0, 0.05) is 6.42 Å². The van der Waals surface area contributed by atoms with E-state index in [-0.39, 0.29) is 24.4 Å². The molecule has 0 fully saturated rings. The molecule has 0 aliphatic rings. The van der Waals surface area contributed by atoms with E-state index in [1.807, 2.05) is 0 Å². The van der Waals surface area contributed by atoms with Crippen molar-refractivity contribution in [3.05, 3.63) is 0 Å². The Morgan fingerprint density at radius 2 is 1.47 bits per heavy atom. The maximum atomic E-state index is 12.0. The fraction of sp³-hybridized carbons (Fsp3) is 0.769. The second-order valence-electron chi connectivity index (χ2n) is 5.59. The molecule has 0 aromatic rings. The normalized spacial score (nSPS) is 14.9. The molecule has 0 amide bonds. The lowest BCUT2D eigenvalue weighted by Gasteiger charge is -2.29. The highest BCUT2D eigenvalue weighted by Crippen LogP contribution is 2.28. The third-order valence-corrected chi connectivity index (χ3v) is 2.60. The second kappa shape index (κ2) is 5.43. The van der Waals surface area contributed by atoms with Crippen LogP contribution in [0.2, 0.25) is 0 Å². The number of hydrogen-bond donors (Lipinski definition) is 0. The van der Waals surface area contributed by atoms with Crippen LogP contribution in [0.15, 0.2) is 0 Å². The van der Waals surface area contributed by atoms with Gasteiger partial charge in [0.05, 0.1) is 0 Å². The lowest BCUT2D eigenvalue weighted by Crippen LogP contribution is -2.40. The van der Waals surface area contributed by atoms with Gasteiger partial charge in [0.1, 0.15) is 22.6 Å². The Kier molecular flexibility index (Phi) is 5.05. The minimum absolute atomic E-state index is 0.0407. The van der Waals surface area contributed by atoms with Crippen molar-refractivity contribution in [1.29, 1.82) is 0 Å². The molecule has 0 saturated heterocycles. The van der Waals surface area contributed by atoms with Gasteiger partial charge in [-0.05, 0) is 48.0 Å². The largest absolute Gasteiger partial charge is 0.459 e. The first kappa shape index (κ1) is 15.8. The summed E-state index contributed by atoms with van der Waals surface area (Å²) >= 11 is 0. The Hall–Kier alpha value is -1.19. The molecule has 0 bridgehead atoms. The van der Waals surface area contributed by atoms with Crippen LogP contribution in [0, 0.1) is 5.41 Å². The lowest BCUT2D eigenvalue weighted by molar-refractivity contribution is -0.169. The highest BCUT2D eigenvalue weighted by atomic mass is 16.6. The first-order chi connectivity index (χ1) is 7.49. The fourth-order valence-corrected chi connectivity index (χ4v) is 1.24. The number of carbonyl (C=O) groups excluding carboxylic acids is 3. The molecule has 0 radical (unpaired) electrons. The average molecular weight is 242 g/mol. The summed E-state index contributed by atoms with van der Waals surface area (Å²) in [6.45, 7) is 9.56. The summed E-state index contributed by atoms with van der Waals surface area (Å²) in [4.78, 5) is 34.5. The van der Waals surface area contributed by atoms with Gasteiger partial charge in [0.25, 0.3) is 0 Å². The van der Waals surface area contributed by atoms with Gasteiger partial charge in [0.15, 0.2) is 0 Å². The van der Waals surface area contributed by atoms with E-state index in [9.17, 15) is 14.4 Å². The van der Waals surface area contributed by atoms with Crippen LogP contribution in [0.25, 0.3) is 0 Å². The quantitative estimate of drug-likeness (QED) is 0.548. The molecular weight excluding hydrogens is 220 g/mol. The maximum Gasteiger partial charge on any atom is 0.319 e. The monoisotopic (exact) mass is 242 g/mol. The lowest BCUT2D eigenvalue weighted by atomic mass is 9.81. The van der Waals surface area contributed by atoms with Crippen LogP contribution in [-0.2, 0) is 19.1 Å². The van der Waals surface area contributed by atoms with Gasteiger partial charge in [-0.25, -0.2) is 0 Å². The molecule has 1 atom stereocenters. The van der Waals surface area contributed by atoms with Gasteiger partial charge in [-0.3, -0.25) is 9.59 Å². The minimum Gasteiger partial charge on any atom is -0.459 e. The molecule has 0 aliphatic heterocycles. The topological polar surface area (TPSA) is 60.4 Å². The molecule has 0 aromatic heterocycles. The number of rotatable bonds is 5. The molecule has 4 heteroatoms. The van der Waals surface area contributed by atoms with Crippen molar-refractivity contribution < 1.29 is 19.1 Å². The summed E-state index contributed by atoms with van der Waals surface area (Å²) in [7, 11) is 0. The molecule has 0 rings (SSSR count). The number of carbonyl (C=O) groups is 3. The van der Waals surface area contributed by atoms with Crippen molar-refractivity contribution >= 4 is 17.5 Å². The van der Waals surface area contributed by atoms with Gasteiger partial charge in [-0.1, -0.05) is 0 Å². The molecule has 4 nitrogen and oxygen atoms in total. The van der Waals surface area contributed by atoms with E-state index in [2.05, 4.69) is 0 Å². The molecule has 17 heavy (non-hydrogen) atoms. The third-order valence-electron chi connectivity index (χ3n) is 2.60. The van der Waals surface area contributed by atoms with Crippen LogP contribution < -0.4 is 0 Å². The zero-order valence-electron chi connectivity index (χ0n) is 11.5. The zero-order valence-corrected chi connectivity index (χ0v) is 11.5. The molecule has 1 unspecified atom stereocenters. The fourth-order valence-electron chi connectivity index (χ4n) is 1.24. The maximum absolute atomic E-state index is 12.0. The van der Waals surface area contributed by atoms with Gasteiger partial charge in [0.2, 0.25) is 0 Å². The molecule has 0 spiro atoms. The molecule has 0 aliphatic carbocycles. The van der Waals surface area contributed by atoms with Gasteiger partial charge in [-0.15, -0.1) is 0 Å². The van der Waals surface area contributed by atoms with Gasteiger partial charge < -0.3 is 9.53 Å². The van der Waals surface area contributed by atoms with Crippen LogP contribution in [0.4, 0.5) is 0 Å². The van der Waals surface area contributed by atoms with Crippen molar-refractivity contribution in [2.24, 2.45) is 5.41 Å². The van der Waals surface area contributed by atoms with Crippen LogP contribution in [0.1, 0.15) is 54.4 Å². The van der Waals surface area contributed by atoms with E-state index < -0.39 is 17.0 Å². The molecular formula is C13H22O4. The van der Waals surface area contributed by atoms with E-state index >= 15 is 0 Å². The van der Waals surface area contributed by atoms with Crippen molar-refractivity contribution in [3.63, 3.8) is 0 Å². The Morgan fingerprint density at radius 1 is 1.00 bits per heavy atom. The van der Waals surface area contributed by atoms with E-state index in [4.69, 9.17) is 4.74 Å². The van der Waals surface area contributed by atoms with Crippen molar-refractivity contribution in [2.45, 2.75) is 60.0 Å². The minimum atomic E-state index is -1.22. The summed E-state index contributed by atoms with van der Waals surface area (Å²) in [5.74, 6) is -0.868. The highest BCUT2D eigenvalue weighted by molar-refractivity contribution is 6.02. The average Bonchev–Trinajstić information content (AvgIpc) is 2.10. The predicted molar refractivity (Wildman–Crippen MR) is 64.5 cm³/mol. The molecule has 0 N–H and O–H groups in total. The summed E-state index contributed by atoms with van der Waals surface area (Å²) < 4.78 is 5.23. The third kappa shape index (κ3) is 5.11. The first-order valence-corrected chi connectivity index (χ1v) is 5.73. The molecule has 0 saturated carbocycles. The first-order valence-electron chi connectivity index (χ1n) is 5.73. The van der Waals surface area contributed by atoms with Crippen molar-refractivity contribution in [3.8, 4) is 0 Å². The SMILES string of the molecule is CC(=O)CCC(C)(C(C)=O)C(=O)OC(C)(C)C. The summed E-state index contributed by atoms with van der Waals surface area (Å²) in [6, 6.07) is 0. The molecule has 98 valence electrons. The smallest absolute Gasteiger partial charge is 0.319 e. The summed E-state index contributed by atoms with van der Waals surface area (Å²) in [6.07, 6.45) is 0.405. The summed E-state index contributed by atoms with van der Waals surface area (Å²) in [5.41, 5.74) is -1.86. The Bertz CT molecular complexity index is 325. The van der Waals surface area contributed by atoms with Crippen LogP contribution >= 0.6 is 0 Å². The number of hydrogen-bond acceptors (Lipinski definition) is 4. The van der Waals surface area contributed by atoms with E-state index in [1.165, 1.54) is 20.8 Å². The second-order valence-corrected chi connectivity index (χ2v) is 5.59. The Labute approximate surface area is 103 Å². The zero-order chi connectivity index (χ0) is 13.9. The van der Waals surface area contributed by atoms with Crippen molar-refractivity contribution in [2.75, 3.05) is 0 Å². The van der Waals surface area contributed by atoms with Crippen molar-refractivity contribution in [1.82, 2.24) is 0 Å². The van der Waals surface area contributed by atoms with Gasteiger partial charge in [-0.2, -0.15) is 0 Å². The molecule has 0 aromatic carbocycles. The van der Waals surface area contributed by atoms with E-state index in [0.717, 1.165) is 0 Å². The van der Waals surface area contributed by atoms with Crippen LogP contribution in [0.5, 0.6) is 0 Å². The number of Topliss-reactive ketones (excluding diaryl/α,β-unsaturated/α-hetero) is 2. The highest BCUT2D eigenvalue weighted by Gasteiger charge is 2.41. The Balaban J connectivity index is 4.88. The summed E-state index contributed by atoms with van der Waals surface area (Å²) in [5, 5.41) is 0. The van der Waals surface area contributed by atoms with E-state index in [0.29, 0.717) is 0 Å². The molecule has 0 heterocycles. The number of ketones is 2. The van der Waals surface area contributed by atoms with Crippen LogP contribution in [0.3, 0.4) is 0 Å². The van der Waals surface area contributed by atoms with Crippen LogP contribution in [-0.4, -0.2) is 23.1 Å². The van der Waals surface area contributed by atoms with Gasteiger partial charge >= 0.3 is 5.97 Å². The number of ether oxygens (including phenoxy) is 1. The number of esters is 1.